The lowest BCUT2D eigenvalue weighted by Crippen LogP contribution is -2.15. The highest BCUT2D eigenvalue weighted by Gasteiger charge is 2.30. The molecule has 0 unspecified atom stereocenters. The van der Waals surface area contributed by atoms with Crippen molar-refractivity contribution in [3.63, 3.8) is 0 Å². The van der Waals surface area contributed by atoms with Crippen molar-refractivity contribution in [3.8, 4) is 17.1 Å². The number of nitrogens with zero attached hydrogens (tertiary/aromatic N) is 3. The third-order valence-electron chi connectivity index (χ3n) is 4.99. The molecular formula is C23H23N5O3. The van der Waals surface area contributed by atoms with Crippen LogP contribution in [0.15, 0.2) is 42.9 Å². The third kappa shape index (κ3) is 4.53. The van der Waals surface area contributed by atoms with Gasteiger partial charge >= 0.3 is 0 Å². The Kier molecular flexibility index (Phi) is 5.62. The van der Waals surface area contributed by atoms with Crippen molar-refractivity contribution in [3.05, 3.63) is 54.0 Å². The molecule has 1 aromatic carbocycles. The SMILES string of the molecule is COc1c(Nc2cc(NC(=O)C3CC3)ncc2C(C)=O)cccc1-c1ncc(C)cn1. The Morgan fingerprint density at radius 2 is 1.81 bits per heavy atom. The fourth-order valence-electron chi connectivity index (χ4n) is 3.19. The van der Waals surface area contributed by atoms with E-state index in [4.69, 9.17) is 4.74 Å². The molecule has 158 valence electrons. The molecule has 2 N–H and O–H groups in total. The van der Waals surface area contributed by atoms with E-state index in [1.54, 1.807) is 25.6 Å². The summed E-state index contributed by atoms with van der Waals surface area (Å²) in [5.41, 5.74) is 3.24. The molecule has 0 radical (unpaired) electrons. The van der Waals surface area contributed by atoms with Crippen LogP contribution in [0.25, 0.3) is 11.4 Å². The van der Waals surface area contributed by atoms with E-state index in [9.17, 15) is 9.59 Å². The molecule has 0 aliphatic heterocycles. The Bertz CT molecular complexity index is 1140. The van der Waals surface area contributed by atoms with Gasteiger partial charge < -0.3 is 15.4 Å². The molecule has 8 nitrogen and oxygen atoms in total. The molecule has 2 aromatic heterocycles. The van der Waals surface area contributed by atoms with Gasteiger partial charge in [0.2, 0.25) is 5.91 Å². The molecule has 8 heteroatoms. The number of aryl methyl sites for hydroxylation is 1. The summed E-state index contributed by atoms with van der Waals surface area (Å²) in [6.07, 6.45) is 6.74. The lowest BCUT2D eigenvalue weighted by Gasteiger charge is -2.17. The number of methoxy groups -OCH3 is 1. The molecule has 1 saturated carbocycles. The molecule has 1 amide bonds. The molecule has 3 aromatic rings. The Hall–Kier alpha value is -3.81. The van der Waals surface area contributed by atoms with Crippen molar-refractivity contribution in [2.45, 2.75) is 26.7 Å². The Morgan fingerprint density at radius 3 is 2.45 bits per heavy atom. The van der Waals surface area contributed by atoms with Crippen LogP contribution in [0.5, 0.6) is 5.75 Å². The predicted octanol–water partition coefficient (Wildman–Crippen LogP) is 4.15. The largest absolute Gasteiger partial charge is 0.494 e. The number of amides is 1. The Morgan fingerprint density at radius 1 is 1.06 bits per heavy atom. The van der Waals surface area contributed by atoms with Crippen LogP contribution in [0.4, 0.5) is 17.2 Å². The lowest BCUT2D eigenvalue weighted by atomic mass is 10.1. The van der Waals surface area contributed by atoms with Gasteiger partial charge in [-0.2, -0.15) is 0 Å². The summed E-state index contributed by atoms with van der Waals surface area (Å²) in [5, 5.41) is 6.08. The molecule has 31 heavy (non-hydrogen) atoms. The van der Waals surface area contributed by atoms with Crippen LogP contribution >= 0.6 is 0 Å². The molecule has 4 rings (SSSR count). The van der Waals surface area contributed by atoms with E-state index >= 15 is 0 Å². The summed E-state index contributed by atoms with van der Waals surface area (Å²) in [5.74, 6) is 1.32. The zero-order chi connectivity index (χ0) is 22.0. The number of nitrogens with one attached hydrogen (secondary N) is 2. The second-order valence-electron chi connectivity index (χ2n) is 7.53. The van der Waals surface area contributed by atoms with Crippen molar-refractivity contribution in [1.29, 1.82) is 0 Å². The number of pyridine rings is 1. The topological polar surface area (TPSA) is 106 Å². The summed E-state index contributed by atoms with van der Waals surface area (Å²) in [6, 6.07) is 7.22. The number of anilines is 3. The summed E-state index contributed by atoms with van der Waals surface area (Å²) >= 11 is 0. The van der Waals surface area contributed by atoms with Crippen LogP contribution < -0.4 is 15.4 Å². The number of aromatic nitrogens is 3. The minimum atomic E-state index is -0.146. The van der Waals surface area contributed by atoms with Crippen LogP contribution in [0, 0.1) is 12.8 Å². The van der Waals surface area contributed by atoms with Crippen LogP contribution in [0.1, 0.15) is 35.7 Å². The van der Waals surface area contributed by atoms with Crippen LogP contribution in [0.3, 0.4) is 0 Å². The summed E-state index contributed by atoms with van der Waals surface area (Å²) in [7, 11) is 1.57. The normalized spacial score (nSPS) is 12.9. The minimum absolute atomic E-state index is 0.0508. The maximum absolute atomic E-state index is 12.2. The van der Waals surface area contributed by atoms with E-state index in [0.717, 1.165) is 18.4 Å². The number of para-hydroxylation sites is 1. The van der Waals surface area contributed by atoms with E-state index in [1.807, 2.05) is 25.1 Å². The number of ketones is 1. The predicted molar refractivity (Wildman–Crippen MR) is 118 cm³/mol. The highest BCUT2D eigenvalue weighted by Crippen LogP contribution is 2.37. The maximum atomic E-state index is 12.2. The monoisotopic (exact) mass is 417 g/mol. The number of carbonyl (C=O) groups is 2. The Labute approximate surface area is 180 Å². The van der Waals surface area contributed by atoms with Crippen molar-refractivity contribution < 1.29 is 14.3 Å². The first-order valence-electron chi connectivity index (χ1n) is 10.0. The van der Waals surface area contributed by atoms with Gasteiger partial charge in [0.15, 0.2) is 17.4 Å². The molecule has 0 saturated heterocycles. The molecule has 2 heterocycles. The molecule has 1 aliphatic rings. The first-order valence-corrected chi connectivity index (χ1v) is 10.0. The number of hydrogen-bond donors (Lipinski definition) is 2. The number of benzene rings is 1. The second-order valence-corrected chi connectivity index (χ2v) is 7.53. The smallest absolute Gasteiger partial charge is 0.228 e. The standard InChI is InChI=1S/C23H23N5O3/c1-13-10-25-22(26-11-13)16-5-4-6-18(21(16)31-3)27-19-9-20(24-12-17(19)14(2)29)28-23(30)15-7-8-15/h4-6,9-12,15H,7-8H2,1-3H3,(H2,24,27,28,30). The highest BCUT2D eigenvalue weighted by molar-refractivity contribution is 6.01. The van der Waals surface area contributed by atoms with Gasteiger partial charge in [0.1, 0.15) is 5.82 Å². The average molecular weight is 417 g/mol. The molecular weight excluding hydrogens is 394 g/mol. The Balaban J connectivity index is 1.70. The molecule has 0 atom stereocenters. The number of rotatable bonds is 7. The average Bonchev–Trinajstić information content (AvgIpc) is 3.60. The van der Waals surface area contributed by atoms with Crippen molar-refractivity contribution in [2.75, 3.05) is 17.7 Å². The highest BCUT2D eigenvalue weighted by atomic mass is 16.5. The summed E-state index contributed by atoms with van der Waals surface area (Å²) < 4.78 is 5.66. The van der Waals surface area contributed by atoms with E-state index in [0.29, 0.717) is 39.9 Å². The van der Waals surface area contributed by atoms with Crippen LogP contribution in [-0.4, -0.2) is 33.8 Å². The van der Waals surface area contributed by atoms with Gasteiger partial charge in [0.05, 0.1) is 29.6 Å². The first kappa shape index (κ1) is 20.5. The maximum Gasteiger partial charge on any atom is 0.228 e. The van der Waals surface area contributed by atoms with Gasteiger partial charge in [0.25, 0.3) is 0 Å². The molecule has 0 spiro atoms. The molecule has 1 fully saturated rings. The number of ether oxygens (including phenoxy) is 1. The van der Waals surface area contributed by atoms with E-state index in [2.05, 4.69) is 25.6 Å². The fourth-order valence-corrected chi connectivity index (χ4v) is 3.19. The lowest BCUT2D eigenvalue weighted by molar-refractivity contribution is -0.117. The van der Waals surface area contributed by atoms with E-state index < -0.39 is 0 Å². The van der Waals surface area contributed by atoms with Crippen molar-refractivity contribution >= 4 is 28.9 Å². The van der Waals surface area contributed by atoms with Gasteiger partial charge in [-0.15, -0.1) is 0 Å². The van der Waals surface area contributed by atoms with E-state index in [-0.39, 0.29) is 17.6 Å². The minimum Gasteiger partial charge on any atom is -0.494 e. The quantitative estimate of drug-likeness (QED) is 0.556. The number of Topliss-reactive ketones (excluding diaryl/α,β-unsaturated/α-hetero) is 1. The molecule has 0 bridgehead atoms. The second kappa shape index (κ2) is 8.51. The first-order chi connectivity index (χ1) is 15.0. The number of carbonyl (C=O) groups excluding carboxylic acids is 2. The van der Waals surface area contributed by atoms with E-state index in [1.165, 1.54) is 13.1 Å². The zero-order valence-electron chi connectivity index (χ0n) is 17.6. The fraction of sp³-hybridized carbons (Fsp3) is 0.261. The number of hydrogen-bond acceptors (Lipinski definition) is 7. The van der Waals surface area contributed by atoms with Crippen molar-refractivity contribution in [2.24, 2.45) is 5.92 Å². The summed E-state index contributed by atoms with van der Waals surface area (Å²) in [4.78, 5) is 37.3. The van der Waals surface area contributed by atoms with Gasteiger partial charge in [0, 0.05) is 30.6 Å². The van der Waals surface area contributed by atoms with Crippen LogP contribution in [0.2, 0.25) is 0 Å². The van der Waals surface area contributed by atoms with Gasteiger partial charge in [-0.25, -0.2) is 15.0 Å². The van der Waals surface area contributed by atoms with Gasteiger partial charge in [-0.05, 0) is 44.4 Å². The molecule has 1 aliphatic carbocycles. The summed E-state index contributed by atoms with van der Waals surface area (Å²) in [6.45, 7) is 3.39. The van der Waals surface area contributed by atoms with Crippen LogP contribution in [-0.2, 0) is 4.79 Å². The third-order valence-corrected chi connectivity index (χ3v) is 4.99. The zero-order valence-corrected chi connectivity index (χ0v) is 17.6. The van der Waals surface area contributed by atoms with Gasteiger partial charge in [-0.3, -0.25) is 9.59 Å². The van der Waals surface area contributed by atoms with Gasteiger partial charge in [-0.1, -0.05) is 6.07 Å². The van der Waals surface area contributed by atoms with Crippen molar-refractivity contribution in [1.82, 2.24) is 15.0 Å².